The smallest absolute Gasteiger partial charge is 0.117 e. The molecule has 0 radical (unpaired) electrons. The monoisotopic (exact) mass is 198 g/mol. The van der Waals surface area contributed by atoms with Gasteiger partial charge in [-0.2, -0.15) is 5.26 Å². The number of fused-ring (bicyclic) bond motifs is 1. The first-order valence-electron chi connectivity index (χ1n) is 4.69. The largest absolute Gasteiger partial charge is 0.338 e. The summed E-state index contributed by atoms with van der Waals surface area (Å²) < 4.78 is 2.05. The Morgan fingerprint density at radius 2 is 2.27 bits per heavy atom. The summed E-state index contributed by atoms with van der Waals surface area (Å²) in [7, 11) is 0. The van der Waals surface area contributed by atoms with Crippen LogP contribution in [-0.2, 0) is 6.54 Å². The number of rotatable bonds is 2. The maximum absolute atomic E-state index is 8.82. The van der Waals surface area contributed by atoms with Gasteiger partial charge in [-0.15, -0.1) is 0 Å². The second-order valence-corrected chi connectivity index (χ2v) is 3.58. The second-order valence-electron chi connectivity index (χ2n) is 3.58. The van der Waals surface area contributed by atoms with Crippen molar-refractivity contribution in [3.05, 3.63) is 48.3 Å². The molecule has 0 spiro atoms. The van der Waals surface area contributed by atoms with E-state index in [2.05, 4.69) is 18.4 Å². The molecular weight excluding hydrogens is 186 g/mol. The van der Waals surface area contributed by atoms with E-state index in [4.69, 9.17) is 5.26 Å². The molecule has 0 aliphatic heterocycles. The average molecular weight is 198 g/mol. The average Bonchev–Trinajstić information content (AvgIpc) is 2.60. The van der Waals surface area contributed by atoms with E-state index >= 15 is 0 Å². The Morgan fingerprint density at radius 1 is 1.47 bits per heavy atom. The lowest BCUT2D eigenvalue weighted by molar-refractivity contribution is -0.306. The van der Waals surface area contributed by atoms with E-state index in [1.54, 1.807) is 0 Å². The van der Waals surface area contributed by atoms with Crippen molar-refractivity contribution in [3.63, 3.8) is 0 Å². The zero-order valence-corrected chi connectivity index (χ0v) is 8.40. The summed E-state index contributed by atoms with van der Waals surface area (Å²) in [5.74, 6) is 0. The highest BCUT2D eigenvalue weighted by Crippen LogP contribution is 2.17. The summed E-state index contributed by atoms with van der Waals surface area (Å²) >= 11 is 0. The molecule has 0 aliphatic carbocycles. The number of allylic oxidation sites excluding steroid dienone is 1. The van der Waals surface area contributed by atoms with Crippen molar-refractivity contribution in [2.24, 2.45) is 0 Å². The van der Waals surface area contributed by atoms with Crippen LogP contribution < -0.4 is 5.73 Å². The van der Waals surface area contributed by atoms with Gasteiger partial charge in [0.05, 0.1) is 18.2 Å². The van der Waals surface area contributed by atoms with E-state index in [9.17, 15) is 0 Å². The molecule has 0 amide bonds. The Bertz CT molecular complexity index is 558. The SMILES string of the molecule is C=C([NH3+])Cn1ccc2ccc(C#N)cc21. The van der Waals surface area contributed by atoms with E-state index in [0.29, 0.717) is 12.1 Å². The maximum atomic E-state index is 8.82. The van der Waals surface area contributed by atoms with Crippen LogP contribution in [0.3, 0.4) is 0 Å². The third kappa shape index (κ3) is 1.76. The number of nitrogens with zero attached hydrogens (tertiary/aromatic N) is 2. The van der Waals surface area contributed by atoms with Crippen LogP contribution in [0.25, 0.3) is 10.9 Å². The molecule has 2 aromatic rings. The van der Waals surface area contributed by atoms with Crippen molar-refractivity contribution in [2.45, 2.75) is 6.54 Å². The van der Waals surface area contributed by atoms with Gasteiger partial charge in [0, 0.05) is 11.7 Å². The lowest BCUT2D eigenvalue weighted by Crippen LogP contribution is -2.48. The van der Waals surface area contributed by atoms with E-state index < -0.39 is 0 Å². The minimum atomic E-state index is 0.678. The summed E-state index contributed by atoms with van der Waals surface area (Å²) in [6, 6.07) is 9.83. The van der Waals surface area contributed by atoms with Crippen LogP contribution in [0.2, 0.25) is 0 Å². The molecule has 0 aliphatic rings. The van der Waals surface area contributed by atoms with E-state index in [1.807, 2.05) is 35.0 Å². The molecule has 0 bridgehead atoms. The fraction of sp³-hybridized carbons (Fsp3) is 0.0833. The van der Waals surface area contributed by atoms with Gasteiger partial charge in [-0.05, 0) is 30.2 Å². The van der Waals surface area contributed by atoms with E-state index in [-0.39, 0.29) is 0 Å². The van der Waals surface area contributed by atoms with Gasteiger partial charge in [-0.3, -0.25) is 0 Å². The number of hydrogen-bond donors (Lipinski definition) is 1. The minimum Gasteiger partial charge on any atom is -0.338 e. The molecule has 0 fully saturated rings. The zero-order valence-electron chi connectivity index (χ0n) is 8.40. The Hall–Kier alpha value is -2.05. The second kappa shape index (κ2) is 3.60. The number of hydrogen-bond acceptors (Lipinski definition) is 1. The Kier molecular flexibility index (Phi) is 2.28. The summed E-state index contributed by atoms with van der Waals surface area (Å²) in [5, 5.41) is 9.95. The number of nitriles is 1. The fourth-order valence-corrected chi connectivity index (χ4v) is 1.63. The van der Waals surface area contributed by atoms with Crippen molar-refractivity contribution in [1.82, 2.24) is 4.57 Å². The number of aromatic nitrogens is 1. The standard InChI is InChI=1S/C12H11N3/c1-9(14)8-15-5-4-11-3-2-10(7-13)6-12(11)15/h2-6H,1,8,14H2/p+1. The first kappa shape index (κ1) is 9.50. The lowest BCUT2D eigenvalue weighted by Gasteiger charge is -2.02. The van der Waals surface area contributed by atoms with Gasteiger partial charge in [-0.25, -0.2) is 0 Å². The van der Waals surface area contributed by atoms with Gasteiger partial charge in [0.1, 0.15) is 5.70 Å². The van der Waals surface area contributed by atoms with Gasteiger partial charge >= 0.3 is 0 Å². The van der Waals surface area contributed by atoms with Crippen molar-refractivity contribution < 1.29 is 5.73 Å². The van der Waals surface area contributed by atoms with Crippen LogP contribution in [0.15, 0.2) is 42.7 Å². The molecule has 0 saturated carbocycles. The summed E-state index contributed by atoms with van der Waals surface area (Å²) in [5.41, 5.74) is 6.37. The van der Waals surface area contributed by atoms with Gasteiger partial charge in [0.25, 0.3) is 0 Å². The van der Waals surface area contributed by atoms with Crippen LogP contribution in [0.4, 0.5) is 0 Å². The number of quaternary nitrogens is 1. The molecule has 0 saturated heterocycles. The van der Waals surface area contributed by atoms with E-state index in [1.165, 1.54) is 0 Å². The molecule has 2 rings (SSSR count). The van der Waals surface area contributed by atoms with Crippen molar-refractivity contribution in [2.75, 3.05) is 0 Å². The Balaban J connectivity index is 2.57. The number of benzene rings is 1. The van der Waals surface area contributed by atoms with Crippen LogP contribution >= 0.6 is 0 Å². The van der Waals surface area contributed by atoms with Gasteiger partial charge < -0.3 is 10.3 Å². The highest BCUT2D eigenvalue weighted by atomic mass is 15.0. The molecular formula is C12H12N3+. The van der Waals surface area contributed by atoms with Gasteiger partial charge in [0.2, 0.25) is 0 Å². The molecule has 3 nitrogen and oxygen atoms in total. The third-order valence-corrected chi connectivity index (χ3v) is 2.30. The fourth-order valence-electron chi connectivity index (χ4n) is 1.63. The molecule has 15 heavy (non-hydrogen) atoms. The summed E-state index contributed by atoms with van der Waals surface area (Å²) in [6.45, 7) is 4.48. The highest BCUT2D eigenvalue weighted by molar-refractivity contribution is 5.81. The molecule has 74 valence electrons. The predicted molar refractivity (Wildman–Crippen MR) is 58.7 cm³/mol. The quantitative estimate of drug-likeness (QED) is 0.776. The van der Waals surface area contributed by atoms with Crippen molar-refractivity contribution >= 4 is 10.9 Å². The summed E-state index contributed by atoms with van der Waals surface area (Å²) in [4.78, 5) is 0. The van der Waals surface area contributed by atoms with Crippen LogP contribution in [-0.4, -0.2) is 4.57 Å². The van der Waals surface area contributed by atoms with Gasteiger partial charge in [0.15, 0.2) is 0 Å². The zero-order chi connectivity index (χ0) is 10.8. The van der Waals surface area contributed by atoms with Crippen LogP contribution in [0.1, 0.15) is 5.56 Å². The third-order valence-electron chi connectivity index (χ3n) is 2.30. The lowest BCUT2D eigenvalue weighted by atomic mass is 10.2. The Morgan fingerprint density at radius 3 is 2.93 bits per heavy atom. The molecule has 3 heteroatoms. The molecule has 1 aromatic heterocycles. The topological polar surface area (TPSA) is 56.4 Å². The minimum absolute atomic E-state index is 0.678. The summed E-state index contributed by atoms with van der Waals surface area (Å²) in [6.07, 6.45) is 1.99. The van der Waals surface area contributed by atoms with Gasteiger partial charge in [-0.1, -0.05) is 6.07 Å². The normalized spacial score (nSPS) is 10.1. The van der Waals surface area contributed by atoms with E-state index in [0.717, 1.165) is 16.6 Å². The molecule has 3 N–H and O–H groups in total. The molecule has 0 atom stereocenters. The molecule has 1 heterocycles. The van der Waals surface area contributed by atoms with Crippen LogP contribution in [0, 0.1) is 11.3 Å². The van der Waals surface area contributed by atoms with Crippen LogP contribution in [0.5, 0.6) is 0 Å². The van der Waals surface area contributed by atoms with Crippen molar-refractivity contribution in [1.29, 1.82) is 5.26 Å². The first-order valence-corrected chi connectivity index (χ1v) is 4.69. The molecule has 1 aromatic carbocycles. The molecule has 0 unspecified atom stereocenters. The Labute approximate surface area is 88.0 Å². The first-order chi connectivity index (χ1) is 7.20. The maximum Gasteiger partial charge on any atom is 0.117 e. The predicted octanol–water partition coefficient (Wildman–Crippen LogP) is 1.27. The highest BCUT2D eigenvalue weighted by Gasteiger charge is 2.03. The van der Waals surface area contributed by atoms with Crippen molar-refractivity contribution in [3.8, 4) is 6.07 Å².